The Labute approximate surface area is 171 Å². The number of hydrogen-bond donors (Lipinski definition) is 0. The van der Waals surface area contributed by atoms with Gasteiger partial charge in [0.2, 0.25) is 0 Å². The van der Waals surface area contributed by atoms with Crippen molar-refractivity contribution in [3.63, 3.8) is 0 Å². The van der Waals surface area contributed by atoms with Crippen molar-refractivity contribution in [1.82, 2.24) is 15.0 Å². The van der Waals surface area contributed by atoms with Gasteiger partial charge in [0.05, 0.1) is 27.8 Å². The van der Waals surface area contributed by atoms with Crippen molar-refractivity contribution in [3.05, 3.63) is 96.3 Å². The monoisotopic (exact) mass is 396 g/mol. The van der Waals surface area contributed by atoms with Gasteiger partial charge in [-0.05, 0) is 35.9 Å². The molecule has 2 heterocycles. The molecule has 5 rings (SSSR count). The highest BCUT2D eigenvalue weighted by Gasteiger charge is 2.22. The highest BCUT2D eigenvalue weighted by Crippen LogP contribution is 2.31. The van der Waals surface area contributed by atoms with Gasteiger partial charge in [0.1, 0.15) is 0 Å². The van der Waals surface area contributed by atoms with E-state index in [0.717, 1.165) is 21.3 Å². The van der Waals surface area contributed by atoms with Crippen LogP contribution in [0.3, 0.4) is 0 Å². The number of carbonyl (C=O) groups excluding carboxylic acids is 1. The third-order valence-corrected chi connectivity index (χ3v) is 5.72. The Kier molecular flexibility index (Phi) is 4.46. The van der Waals surface area contributed by atoms with Crippen molar-refractivity contribution in [2.45, 2.75) is 6.54 Å². The van der Waals surface area contributed by atoms with Gasteiger partial charge in [-0.25, -0.2) is 4.98 Å². The first-order valence-electron chi connectivity index (χ1n) is 9.20. The van der Waals surface area contributed by atoms with E-state index in [9.17, 15) is 4.79 Å². The van der Waals surface area contributed by atoms with Crippen LogP contribution in [0.2, 0.25) is 0 Å². The number of aromatic nitrogens is 3. The summed E-state index contributed by atoms with van der Waals surface area (Å²) in [4.78, 5) is 28.6. The summed E-state index contributed by atoms with van der Waals surface area (Å²) >= 11 is 1.52. The van der Waals surface area contributed by atoms with Crippen LogP contribution in [0.15, 0.2) is 85.2 Å². The van der Waals surface area contributed by atoms with E-state index in [4.69, 9.17) is 4.98 Å². The first-order chi connectivity index (χ1) is 14.3. The average Bonchev–Trinajstić information content (AvgIpc) is 3.21. The number of rotatable bonds is 4. The Balaban J connectivity index is 1.58. The minimum Gasteiger partial charge on any atom is -0.279 e. The Hall–Kier alpha value is -3.64. The third-order valence-electron chi connectivity index (χ3n) is 4.66. The Morgan fingerprint density at radius 2 is 1.59 bits per heavy atom. The quantitative estimate of drug-likeness (QED) is 0.425. The fraction of sp³-hybridized carbons (Fsp3) is 0.0435. The molecule has 0 saturated carbocycles. The second-order valence-electron chi connectivity index (χ2n) is 6.60. The maximum atomic E-state index is 13.5. The summed E-state index contributed by atoms with van der Waals surface area (Å²) in [5, 5.41) is 0.680. The average molecular weight is 396 g/mol. The van der Waals surface area contributed by atoms with Crippen LogP contribution < -0.4 is 4.90 Å². The van der Waals surface area contributed by atoms with Crippen LogP contribution in [-0.2, 0) is 6.54 Å². The van der Waals surface area contributed by atoms with Crippen molar-refractivity contribution in [2.24, 2.45) is 0 Å². The van der Waals surface area contributed by atoms with Crippen molar-refractivity contribution in [3.8, 4) is 0 Å². The lowest BCUT2D eigenvalue weighted by Gasteiger charge is -2.20. The van der Waals surface area contributed by atoms with Crippen molar-refractivity contribution in [1.29, 1.82) is 0 Å². The summed E-state index contributed by atoms with van der Waals surface area (Å²) in [7, 11) is 0. The molecular weight excluding hydrogens is 380 g/mol. The zero-order valence-electron chi connectivity index (χ0n) is 15.4. The number of amides is 1. The minimum absolute atomic E-state index is 0.111. The third kappa shape index (κ3) is 3.46. The summed E-state index contributed by atoms with van der Waals surface area (Å²) in [6.07, 6.45) is 3.28. The van der Waals surface area contributed by atoms with Gasteiger partial charge in [-0.15, -0.1) is 0 Å². The number of hydrogen-bond acceptors (Lipinski definition) is 5. The predicted octanol–water partition coefficient (Wildman–Crippen LogP) is 5.09. The van der Waals surface area contributed by atoms with Crippen molar-refractivity contribution in [2.75, 3.05) is 4.90 Å². The van der Waals surface area contributed by atoms with Crippen LogP contribution in [0.25, 0.3) is 21.3 Å². The number of carbonyl (C=O) groups is 1. The summed E-state index contributed by atoms with van der Waals surface area (Å²) in [6.45, 7) is 0.442. The molecule has 140 valence electrons. The molecule has 0 radical (unpaired) electrons. The number of anilines is 1. The first kappa shape index (κ1) is 17.5. The zero-order chi connectivity index (χ0) is 19.6. The molecule has 0 saturated heterocycles. The van der Waals surface area contributed by atoms with E-state index in [0.29, 0.717) is 22.8 Å². The van der Waals surface area contributed by atoms with Gasteiger partial charge in [-0.2, -0.15) is 0 Å². The lowest BCUT2D eigenvalue weighted by molar-refractivity contribution is 0.0985. The standard InChI is InChI=1S/C23H16N4OS/c28-22(17-10-11-18-20(14-17)25-13-12-24-18)27(15-16-6-2-1-3-7-16)23-26-19-8-4-5-9-21(19)29-23/h1-14H,15H2. The molecule has 0 atom stereocenters. The smallest absolute Gasteiger partial charge is 0.260 e. The van der Waals surface area contributed by atoms with Crippen LogP contribution in [0.5, 0.6) is 0 Å². The van der Waals surface area contributed by atoms with Gasteiger partial charge >= 0.3 is 0 Å². The lowest BCUT2D eigenvalue weighted by atomic mass is 10.1. The largest absolute Gasteiger partial charge is 0.279 e. The van der Waals surface area contributed by atoms with Crippen LogP contribution in [0, 0.1) is 0 Å². The molecule has 0 aliphatic carbocycles. The molecule has 0 spiro atoms. The highest BCUT2D eigenvalue weighted by molar-refractivity contribution is 7.22. The topological polar surface area (TPSA) is 59.0 Å². The first-order valence-corrected chi connectivity index (χ1v) is 10.0. The number of thiazole rings is 1. The molecule has 5 aromatic rings. The van der Waals surface area contributed by atoms with E-state index in [1.165, 1.54) is 11.3 Å². The normalized spacial score (nSPS) is 11.0. The van der Waals surface area contributed by atoms with E-state index in [2.05, 4.69) is 9.97 Å². The fourth-order valence-corrected chi connectivity index (χ4v) is 4.18. The maximum absolute atomic E-state index is 13.5. The molecule has 0 unspecified atom stereocenters. The van der Waals surface area contributed by atoms with Gasteiger partial charge in [-0.3, -0.25) is 19.7 Å². The summed E-state index contributed by atoms with van der Waals surface area (Å²) in [6, 6.07) is 23.3. The van der Waals surface area contributed by atoms with Crippen LogP contribution in [0.1, 0.15) is 15.9 Å². The molecule has 1 amide bonds. The van der Waals surface area contributed by atoms with Crippen LogP contribution in [0.4, 0.5) is 5.13 Å². The SMILES string of the molecule is O=C(c1ccc2nccnc2c1)N(Cc1ccccc1)c1nc2ccccc2s1. The number of para-hydroxylation sites is 1. The summed E-state index contributed by atoms with van der Waals surface area (Å²) < 4.78 is 1.05. The van der Waals surface area contributed by atoms with Gasteiger partial charge in [0.25, 0.3) is 5.91 Å². The van der Waals surface area contributed by atoms with E-state index in [1.807, 2.05) is 60.7 Å². The summed E-state index contributed by atoms with van der Waals surface area (Å²) in [5.41, 5.74) is 3.96. The molecular formula is C23H16N4OS. The maximum Gasteiger partial charge on any atom is 0.260 e. The summed E-state index contributed by atoms with van der Waals surface area (Å²) in [5.74, 6) is -0.111. The predicted molar refractivity (Wildman–Crippen MR) is 116 cm³/mol. The highest BCUT2D eigenvalue weighted by atomic mass is 32.1. The lowest BCUT2D eigenvalue weighted by Crippen LogP contribution is -2.30. The zero-order valence-corrected chi connectivity index (χ0v) is 16.2. The van der Waals surface area contributed by atoms with Crippen LogP contribution in [-0.4, -0.2) is 20.9 Å². The van der Waals surface area contributed by atoms with Gasteiger partial charge in [0, 0.05) is 18.0 Å². The molecule has 5 nitrogen and oxygen atoms in total. The van der Waals surface area contributed by atoms with Crippen molar-refractivity contribution >= 4 is 43.6 Å². The van der Waals surface area contributed by atoms with E-state index >= 15 is 0 Å². The molecule has 0 bridgehead atoms. The van der Waals surface area contributed by atoms with Gasteiger partial charge in [-0.1, -0.05) is 53.8 Å². The Bertz CT molecular complexity index is 1280. The van der Waals surface area contributed by atoms with E-state index < -0.39 is 0 Å². The Morgan fingerprint density at radius 3 is 2.41 bits per heavy atom. The number of fused-ring (bicyclic) bond motifs is 2. The fourth-order valence-electron chi connectivity index (χ4n) is 3.22. The second kappa shape index (κ2) is 7.41. The molecule has 29 heavy (non-hydrogen) atoms. The molecule has 0 N–H and O–H groups in total. The number of nitrogens with zero attached hydrogens (tertiary/aromatic N) is 4. The van der Waals surface area contributed by atoms with E-state index in [-0.39, 0.29) is 5.91 Å². The number of benzene rings is 3. The molecule has 3 aromatic carbocycles. The van der Waals surface area contributed by atoms with Crippen molar-refractivity contribution < 1.29 is 4.79 Å². The molecule has 2 aromatic heterocycles. The molecule has 0 fully saturated rings. The van der Waals surface area contributed by atoms with Gasteiger partial charge < -0.3 is 0 Å². The molecule has 6 heteroatoms. The van der Waals surface area contributed by atoms with E-state index in [1.54, 1.807) is 29.4 Å². The van der Waals surface area contributed by atoms with Crippen LogP contribution >= 0.6 is 11.3 Å². The second-order valence-corrected chi connectivity index (χ2v) is 7.61. The Morgan fingerprint density at radius 1 is 0.828 bits per heavy atom. The van der Waals surface area contributed by atoms with Gasteiger partial charge in [0.15, 0.2) is 5.13 Å². The molecule has 0 aliphatic heterocycles. The molecule has 0 aliphatic rings. The minimum atomic E-state index is -0.111.